The standard InChI is InChI=1S/C18H22F2N4O4/c1-28-10-9-23-15(25)11-24(18(23)27)12-5-7-22(8-6-12)17(26)21-16-13(19)3-2-4-14(16)20/h2-4,12H,5-11H2,1H3,(H,21,26). The first-order valence-electron chi connectivity index (χ1n) is 9.02. The number of hydrogen-bond acceptors (Lipinski definition) is 4. The van der Waals surface area contributed by atoms with E-state index in [0.717, 1.165) is 12.1 Å². The highest BCUT2D eigenvalue weighted by molar-refractivity contribution is 6.02. The van der Waals surface area contributed by atoms with Crippen molar-refractivity contribution in [1.29, 1.82) is 0 Å². The molecule has 2 aliphatic heterocycles. The van der Waals surface area contributed by atoms with Gasteiger partial charge in [-0.3, -0.25) is 9.69 Å². The summed E-state index contributed by atoms with van der Waals surface area (Å²) in [5, 5.41) is 2.26. The normalized spacial score (nSPS) is 18.2. The van der Waals surface area contributed by atoms with Crippen LogP contribution in [0.1, 0.15) is 12.8 Å². The minimum Gasteiger partial charge on any atom is -0.383 e. The molecule has 1 aromatic carbocycles. The van der Waals surface area contributed by atoms with Gasteiger partial charge in [-0.2, -0.15) is 0 Å². The van der Waals surface area contributed by atoms with Crippen molar-refractivity contribution in [3.05, 3.63) is 29.8 Å². The number of piperidine rings is 1. The topological polar surface area (TPSA) is 82.2 Å². The Morgan fingerprint density at radius 3 is 2.46 bits per heavy atom. The molecule has 0 aromatic heterocycles. The van der Waals surface area contributed by atoms with Crippen LogP contribution < -0.4 is 5.32 Å². The molecule has 2 saturated heterocycles. The average Bonchev–Trinajstić information content (AvgIpc) is 2.97. The van der Waals surface area contributed by atoms with Crippen LogP contribution in [0.4, 0.5) is 24.1 Å². The van der Waals surface area contributed by atoms with Crippen molar-refractivity contribution in [2.75, 3.05) is 45.2 Å². The van der Waals surface area contributed by atoms with Gasteiger partial charge in [0, 0.05) is 26.2 Å². The number of likely N-dealkylation sites (tertiary alicyclic amines) is 1. The van der Waals surface area contributed by atoms with Crippen molar-refractivity contribution >= 4 is 23.7 Å². The SMILES string of the molecule is COCCN1C(=O)CN(C2CCN(C(=O)Nc3c(F)cccc3F)CC2)C1=O. The lowest BCUT2D eigenvalue weighted by Crippen LogP contribution is -2.49. The first-order valence-corrected chi connectivity index (χ1v) is 9.02. The number of rotatable bonds is 5. The molecule has 28 heavy (non-hydrogen) atoms. The van der Waals surface area contributed by atoms with Gasteiger partial charge in [-0.05, 0) is 25.0 Å². The second-order valence-electron chi connectivity index (χ2n) is 6.69. The van der Waals surface area contributed by atoms with E-state index in [-0.39, 0.29) is 37.7 Å². The average molecular weight is 396 g/mol. The lowest BCUT2D eigenvalue weighted by Gasteiger charge is -2.36. The Labute approximate surface area is 161 Å². The Morgan fingerprint density at radius 1 is 1.21 bits per heavy atom. The smallest absolute Gasteiger partial charge is 0.327 e. The first kappa shape index (κ1) is 20.0. The van der Waals surface area contributed by atoms with E-state index in [1.54, 1.807) is 0 Å². The van der Waals surface area contributed by atoms with Gasteiger partial charge in [-0.15, -0.1) is 0 Å². The number of carbonyl (C=O) groups excluding carboxylic acids is 3. The molecule has 5 amide bonds. The number of nitrogens with one attached hydrogen (secondary N) is 1. The van der Waals surface area contributed by atoms with Gasteiger partial charge in [0.25, 0.3) is 0 Å². The van der Waals surface area contributed by atoms with Crippen LogP contribution in [0.15, 0.2) is 18.2 Å². The zero-order valence-corrected chi connectivity index (χ0v) is 15.5. The fourth-order valence-electron chi connectivity index (χ4n) is 3.43. The maximum Gasteiger partial charge on any atom is 0.327 e. The van der Waals surface area contributed by atoms with E-state index in [2.05, 4.69) is 5.32 Å². The predicted molar refractivity (Wildman–Crippen MR) is 95.7 cm³/mol. The lowest BCUT2D eigenvalue weighted by molar-refractivity contribution is -0.125. The summed E-state index contributed by atoms with van der Waals surface area (Å²) in [5.74, 6) is -1.96. The molecule has 0 spiro atoms. The number of hydrogen-bond donors (Lipinski definition) is 1. The summed E-state index contributed by atoms with van der Waals surface area (Å²) in [6.07, 6.45) is 0.953. The summed E-state index contributed by atoms with van der Waals surface area (Å²) in [7, 11) is 1.50. The van der Waals surface area contributed by atoms with Crippen LogP contribution in [-0.4, -0.2) is 78.6 Å². The number of nitrogens with zero attached hydrogens (tertiary/aromatic N) is 3. The third-order valence-electron chi connectivity index (χ3n) is 4.99. The van der Waals surface area contributed by atoms with E-state index in [1.807, 2.05) is 0 Å². The van der Waals surface area contributed by atoms with Gasteiger partial charge in [0.05, 0.1) is 13.2 Å². The van der Waals surface area contributed by atoms with Gasteiger partial charge in [0.2, 0.25) is 5.91 Å². The van der Waals surface area contributed by atoms with Gasteiger partial charge < -0.3 is 19.9 Å². The Bertz CT molecular complexity index is 748. The summed E-state index contributed by atoms with van der Waals surface area (Å²) in [6.45, 7) is 1.11. The van der Waals surface area contributed by atoms with Crippen molar-refractivity contribution in [3.63, 3.8) is 0 Å². The molecule has 0 unspecified atom stereocenters. The van der Waals surface area contributed by atoms with E-state index in [9.17, 15) is 23.2 Å². The monoisotopic (exact) mass is 396 g/mol. The molecule has 1 aromatic rings. The van der Waals surface area contributed by atoms with Crippen molar-refractivity contribution < 1.29 is 27.9 Å². The van der Waals surface area contributed by atoms with Gasteiger partial charge in [-0.25, -0.2) is 18.4 Å². The number of imide groups is 1. The molecule has 0 atom stereocenters. The Kier molecular flexibility index (Phi) is 6.08. The van der Waals surface area contributed by atoms with Crippen molar-refractivity contribution in [2.45, 2.75) is 18.9 Å². The molecule has 2 fully saturated rings. The minimum absolute atomic E-state index is 0.0137. The highest BCUT2D eigenvalue weighted by Crippen LogP contribution is 2.23. The maximum atomic E-state index is 13.7. The summed E-state index contributed by atoms with van der Waals surface area (Å²) in [4.78, 5) is 40.9. The third-order valence-corrected chi connectivity index (χ3v) is 4.99. The van der Waals surface area contributed by atoms with Gasteiger partial charge in [0.1, 0.15) is 23.9 Å². The van der Waals surface area contributed by atoms with E-state index in [4.69, 9.17) is 4.74 Å². The van der Waals surface area contributed by atoms with Gasteiger partial charge in [-0.1, -0.05) is 6.07 Å². The van der Waals surface area contributed by atoms with Gasteiger partial charge >= 0.3 is 12.1 Å². The number of para-hydroxylation sites is 1. The van der Waals surface area contributed by atoms with Crippen LogP contribution in [-0.2, 0) is 9.53 Å². The van der Waals surface area contributed by atoms with Crippen molar-refractivity contribution in [2.24, 2.45) is 0 Å². The van der Waals surface area contributed by atoms with E-state index < -0.39 is 23.4 Å². The number of halogens is 2. The van der Waals surface area contributed by atoms with Crippen LogP contribution in [0, 0.1) is 11.6 Å². The molecule has 152 valence electrons. The highest BCUT2D eigenvalue weighted by Gasteiger charge is 2.40. The lowest BCUT2D eigenvalue weighted by atomic mass is 10.0. The number of anilines is 1. The van der Waals surface area contributed by atoms with Gasteiger partial charge in [0.15, 0.2) is 0 Å². The van der Waals surface area contributed by atoms with Crippen LogP contribution in [0.2, 0.25) is 0 Å². The second kappa shape index (κ2) is 8.51. The quantitative estimate of drug-likeness (QED) is 0.771. The maximum absolute atomic E-state index is 13.7. The zero-order valence-electron chi connectivity index (χ0n) is 15.5. The Hall–Kier alpha value is -2.75. The fraction of sp³-hybridized carbons (Fsp3) is 0.500. The van der Waals surface area contributed by atoms with E-state index >= 15 is 0 Å². The predicted octanol–water partition coefficient (Wildman–Crippen LogP) is 1.87. The zero-order chi connectivity index (χ0) is 20.3. The molecular formula is C18H22F2N4O4. The first-order chi connectivity index (χ1) is 13.4. The van der Waals surface area contributed by atoms with Crippen molar-refractivity contribution in [1.82, 2.24) is 14.7 Å². The van der Waals surface area contributed by atoms with Crippen LogP contribution in [0.3, 0.4) is 0 Å². The largest absolute Gasteiger partial charge is 0.383 e. The number of amides is 5. The molecule has 0 radical (unpaired) electrons. The van der Waals surface area contributed by atoms with E-state index in [0.29, 0.717) is 25.9 Å². The Morgan fingerprint density at radius 2 is 1.86 bits per heavy atom. The summed E-state index contributed by atoms with van der Waals surface area (Å²) < 4.78 is 32.3. The molecule has 8 nitrogen and oxygen atoms in total. The molecule has 0 bridgehead atoms. The molecule has 1 N–H and O–H groups in total. The molecular weight excluding hydrogens is 374 g/mol. The number of ether oxygens (including phenoxy) is 1. The van der Waals surface area contributed by atoms with Crippen LogP contribution >= 0.6 is 0 Å². The van der Waals surface area contributed by atoms with Crippen LogP contribution in [0.5, 0.6) is 0 Å². The highest BCUT2D eigenvalue weighted by atomic mass is 19.1. The molecule has 10 heteroatoms. The number of urea groups is 2. The summed E-state index contributed by atoms with van der Waals surface area (Å²) in [6, 6.07) is 2.23. The summed E-state index contributed by atoms with van der Waals surface area (Å²) in [5.41, 5.74) is -0.483. The number of methoxy groups -OCH3 is 1. The molecule has 2 aliphatic rings. The summed E-state index contributed by atoms with van der Waals surface area (Å²) >= 11 is 0. The molecule has 2 heterocycles. The van der Waals surface area contributed by atoms with Crippen molar-refractivity contribution in [3.8, 4) is 0 Å². The third kappa shape index (κ3) is 4.06. The number of carbonyl (C=O) groups is 3. The molecule has 0 saturated carbocycles. The molecule has 0 aliphatic carbocycles. The second-order valence-corrected chi connectivity index (χ2v) is 6.69. The molecule has 3 rings (SSSR count). The number of benzene rings is 1. The minimum atomic E-state index is -0.847. The fourth-order valence-corrected chi connectivity index (χ4v) is 3.43. The van der Waals surface area contributed by atoms with E-state index in [1.165, 1.54) is 27.9 Å². The Balaban J connectivity index is 1.55. The van der Waals surface area contributed by atoms with Crippen LogP contribution in [0.25, 0.3) is 0 Å².